The van der Waals surface area contributed by atoms with Crippen molar-refractivity contribution in [2.45, 2.75) is 9.79 Å². The van der Waals surface area contributed by atoms with Gasteiger partial charge in [-0.1, -0.05) is 31.9 Å². The van der Waals surface area contributed by atoms with Crippen LogP contribution >= 0.6 is 55.9 Å². The Morgan fingerprint density at radius 3 is 1.35 bits per heavy atom. The molecule has 0 aliphatic rings. The Labute approximate surface area is 126 Å². The van der Waals surface area contributed by atoms with E-state index in [0.29, 0.717) is 0 Å². The zero-order valence-corrected chi connectivity index (χ0v) is 13.4. The molecular formula is C12H8Br2OS2. The summed E-state index contributed by atoms with van der Waals surface area (Å²) in [6.07, 6.45) is 0. The van der Waals surface area contributed by atoms with Crippen LogP contribution in [0, 0.1) is 0 Å². The van der Waals surface area contributed by atoms with Crippen LogP contribution in [0.4, 0.5) is 0 Å². The van der Waals surface area contributed by atoms with Crippen molar-refractivity contribution < 1.29 is 3.63 Å². The van der Waals surface area contributed by atoms with Crippen molar-refractivity contribution in [3.63, 3.8) is 0 Å². The Hall–Kier alpha value is 0.0600. The number of rotatable bonds is 4. The Morgan fingerprint density at radius 1 is 0.647 bits per heavy atom. The van der Waals surface area contributed by atoms with Crippen molar-refractivity contribution in [2.24, 2.45) is 0 Å². The van der Waals surface area contributed by atoms with Gasteiger partial charge in [0.05, 0.1) is 0 Å². The van der Waals surface area contributed by atoms with Gasteiger partial charge in [-0.25, -0.2) is 3.63 Å². The second-order valence-electron chi connectivity index (χ2n) is 3.14. The SMILES string of the molecule is Brc1ccc(SOSc2ccc(Br)cc2)cc1. The zero-order chi connectivity index (χ0) is 12.1. The molecule has 0 bridgehead atoms. The molecule has 2 aromatic rings. The average Bonchev–Trinajstić information content (AvgIpc) is 2.34. The van der Waals surface area contributed by atoms with Crippen molar-refractivity contribution in [1.29, 1.82) is 0 Å². The van der Waals surface area contributed by atoms with Crippen LogP contribution in [0.15, 0.2) is 67.3 Å². The van der Waals surface area contributed by atoms with Crippen molar-refractivity contribution in [3.05, 3.63) is 57.5 Å². The lowest BCUT2D eigenvalue weighted by Gasteiger charge is -2.01. The number of halogens is 2. The molecule has 0 saturated carbocycles. The maximum absolute atomic E-state index is 5.49. The van der Waals surface area contributed by atoms with Crippen molar-refractivity contribution in [2.75, 3.05) is 0 Å². The van der Waals surface area contributed by atoms with E-state index in [1.54, 1.807) is 0 Å². The fourth-order valence-corrected chi connectivity index (χ4v) is 2.86. The first kappa shape index (κ1) is 13.5. The second-order valence-corrected chi connectivity index (χ2v) is 6.79. The van der Waals surface area contributed by atoms with Crippen LogP contribution in [-0.4, -0.2) is 0 Å². The predicted octanol–water partition coefficient (Wildman–Crippen LogP) is 5.94. The molecular weight excluding hydrogens is 384 g/mol. The minimum absolute atomic E-state index is 1.07. The van der Waals surface area contributed by atoms with Crippen LogP contribution in [0.3, 0.4) is 0 Å². The quantitative estimate of drug-likeness (QED) is 0.596. The second kappa shape index (κ2) is 6.85. The number of benzene rings is 2. The highest BCUT2D eigenvalue weighted by Crippen LogP contribution is 2.30. The molecule has 0 unspecified atom stereocenters. The fraction of sp³-hybridized carbons (Fsp3) is 0. The minimum Gasteiger partial charge on any atom is -0.237 e. The van der Waals surface area contributed by atoms with Crippen LogP contribution < -0.4 is 0 Å². The van der Waals surface area contributed by atoms with Crippen LogP contribution in [0.2, 0.25) is 0 Å². The summed E-state index contributed by atoms with van der Waals surface area (Å²) in [4.78, 5) is 2.16. The summed E-state index contributed by atoms with van der Waals surface area (Å²) in [5.74, 6) is 0. The maximum Gasteiger partial charge on any atom is 0.0447 e. The Kier molecular flexibility index (Phi) is 5.44. The predicted molar refractivity (Wildman–Crippen MR) is 81.1 cm³/mol. The molecule has 0 aromatic heterocycles. The highest BCUT2D eigenvalue weighted by molar-refractivity contribution is 9.10. The summed E-state index contributed by atoms with van der Waals surface area (Å²) in [5, 5.41) is 0. The highest BCUT2D eigenvalue weighted by Gasteiger charge is 1.98. The minimum atomic E-state index is 1.07. The van der Waals surface area contributed by atoms with Gasteiger partial charge in [0, 0.05) is 42.8 Å². The third kappa shape index (κ3) is 4.67. The lowest BCUT2D eigenvalue weighted by molar-refractivity contribution is 0.756. The first-order valence-electron chi connectivity index (χ1n) is 4.76. The molecule has 88 valence electrons. The van der Waals surface area contributed by atoms with Gasteiger partial charge in [0.25, 0.3) is 0 Å². The Bertz CT molecular complexity index is 425. The van der Waals surface area contributed by atoms with E-state index in [2.05, 4.69) is 31.9 Å². The van der Waals surface area contributed by atoms with Gasteiger partial charge in [-0.15, -0.1) is 0 Å². The summed E-state index contributed by atoms with van der Waals surface area (Å²) >= 11 is 9.51. The number of hydrogen-bond acceptors (Lipinski definition) is 3. The van der Waals surface area contributed by atoms with E-state index in [-0.39, 0.29) is 0 Å². The third-order valence-electron chi connectivity index (χ3n) is 1.89. The lowest BCUT2D eigenvalue weighted by atomic mass is 10.4. The topological polar surface area (TPSA) is 9.23 Å². The molecule has 2 aromatic carbocycles. The van der Waals surface area contributed by atoms with Crippen LogP contribution in [0.25, 0.3) is 0 Å². The molecule has 17 heavy (non-hydrogen) atoms. The summed E-state index contributed by atoms with van der Waals surface area (Å²) in [5.41, 5.74) is 0. The molecule has 0 amide bonds. The standard InChI is InChI=1S/C12H8Br2OS2/c13-9-1-5-11(6-2-9)16-15-17-12-7-3-10(14)4-8-12/h1-8H. The molecule has 0 aliphatic carbocycles. The van der Waals surface area contributed by atoms with Gasteiger partial charge in [0.1, 0.15) is 0 Å². The van der Waals surface area contributed by atoms with Crippen molar-refractivity contribution >= 4 is 55.9 Å². The first-order valence-corrected chi connectivity index (χ1v) is 7.83. The van der Waals surface area contributed by atoms with Gasteiger partial charge in [0.2, 0.25) is 0 Å². The normalized spacial score (nSPS) is 10.5. The van der Waals surface area contributed by atoms with Crippen molar-refractivity contribution in [3.8, 4) is 0 Å². The van der Waals surface area contributed by atoms with Gasteiger partial charge >= 0.3 is 0 Å². The largest absolute Gasteiger partial charge is 0.237 e. The molecule has 0 spiro atoms. The first-order chi connectivity index (χ1) is 8.24. The Balaban J connectivity index is 1.83. The molecule has 0 saturated heterocycles. The molecule has 1 nitrogen and oxygen atoms in total. The van der Waals surface area contributed by atoms with Gasteiger partial charge in [-0.3, -0.25) is 0 Å². The van der Waals surface area contributed by atoms with Crippen molar-refractivity contribution in [1.82, 2.24) is 0 Å². The molecule has 0 fully saturated rings. The molecule has 2 rings (SSSR count). The zero-order valence-electron chi connectivity index (χ0n) is 8.60. The van der Waals surface area contributed by atoms with E-state index in [1.165, 1.54) is 24.1 Å². The van der Waals surface area contributed by atoms with Gasteiger partial charge in [-0.05, 0) is 48.5 Å². The molecule has 0 aliphatic heterocycles. The summed E-state index contributed by atoms with van der Waals surface area (Å²) in [6, 6.07) is 16.0. The smallest absolute Gasteiger partial charge is 0.0447 e. The lowest BCUT2D eigenvalue weighted by Crippen LogP contribution is -1.73. The van der Waals surface area contributed by atoms with E-state index in [0.717, 1.165) is 18.7 Å². The summed E-state index contributed by atoms with van der Waals surface area (Å²) in [7, 11) is 0. The number of hydrogen-bond donors (Lipinski definition) is 0. The molecule has 5 heteroatoms. The van der Waals surface area contributed by atoms with Gasteiger partial charge < -0.3 is 0 Å². The van der Waals surface area contributed by atoms with Gasteiger partial charge in [0.15, 0.2) is 0 Å². The molecule has 0 atom stereocenters. The van der Waals surface area contributed by atoms with E-state index in [1.807, 2.05) is 48.5 Å². The monoisotopic (exact) mass is 390 g/mol. The summed E-state index contributed by atoms with van der Waals surface area (Å²) < 4.78 is 7.63. The van der Waals surface area contributed by atoms with E-state index in [9.17, 15) is 0 Å². The highest BCUT2D eigenvalue weighted by atomic mass is 79.9. The maximum atomic E-state index is 5.49. The summed E-state index contributed by atoms with van der Waals surface area (Å²) in [6.45, 7) is 0. The molecule has 0 heterocycles. The van der Waals surface area contributed by atoms with Gasteiger partial charge in [-0.2, -0.15) is 0 Å². The Morgan fingerprint density at radius 2 is 1.00 bits per heavy atom. The van der Waals surface area contributed by atoms with Crippen LogP contribution in [0.1, 0.15) is 0 Å². The van der Waals surface area contributed by atoms with E-state index < -0.39 is 0 Å². The molecule has 0 radical (unpaired) electrons. The van der Waals surface area contributed by atoms with E-state index in [4.69, 9.17) is 3.63 Å². The third-order valence-corrected chi connectivity index (χ3v) is 4.42. The fourth-order valence-electron chi connectivity index (χ4n) is 1.08. The van der Waals surface area contributed by atoms with E-state index >= 15 is 0 Å². The average molecular weight is 392 g/mol. The van der Waals surface area contributed by atoms with Crippen LogP contribution in [-0.2, 0) is 3.63 Å². The van der Waals surface area contributed by atoms with Crippen LogP contribution in [0.5, 0.6) is 0 Å². The molecule has 0 N–H and O–H groups in total.